The van der Waals surface area contributed by atoms with Gasteiger partial charge in [-0.3, -0.25) is 4.79 Å². The van der Waals surface area contributed by atoms with Crippen LogP contribution in [-0.4, -0.2) is 34.6 Å². The lowest BCUT2D eigenvalue weighted by molar-refractivity contribution is -0.192. The lowest BCUT2D eigenvalue weighted by Gasteiger charge is -2.29. The molecule has 14 heavy (non-hydrogen) atoms. The van der Waals surface area contributed by atoms with Crippen LogP contribution >= 0.6 is 12.6 Å². The van der Waals surface area contributed by atoms with E-state index in [-0.39, 0.29) is 17.3 Å². The Morgan fingerprint density at radius 3 is 1.93 bits per heavy atom. The molecule has 2 atom stereocenters. The molecule has 1 heterocycles. The molecule has 0 radical (unpaired) electrons. The summed E-state index contributed by atoms with van der Waals surface area (Å²) >= 11 is 3.88. The molecule has 1 aliphatic heterocycles. The van der Waals surface area contributed by atoms with Crippen molar-refractivity contribution in [3.63, 3.8) is 0 Å². The first-order chi connectivity index (χ1) is 6.16. The van der Waals surface area contributed by atoms with Crippen molar-refractivity contribution in [1.29, 1.82) is 0 Å². The van der Waals surface area contributed by atoms with Gasteiger partial charge in [0.2, 0.25) is 5.91 Å². The van der Waals surface area contributed by atoms with Gasteiger partial charge in [-0.15, -0.1) is 0 Å². The Kier molecular flexibility index (Phi) is 4.20. The molecule has 9 heteroatoms. The van der Waals surface area contributed by atoms with Gasteiger partial charge in [0.1, 0.15) is 6.04 Å². The van der Waals surface area contributed by atoms with Gasteiger partial charge in [-0.05, 0) is 0 Å². The van der Waals surface area contributed by atoms with E-state index >= 15 is 0 Å². The number of alkyl halides is 3. The zero-order valence-electron chi connectivity index (χ0n) is 6.58. The molecule has 0 aromatic heterocycles. The molecule has 4 N–H and O–H groups in total. The number of β-lactam (4-membered cyclic amide) rings is 1. The first-order valence-electron chi connectivity index (χ1n) is 3.20. The third kappa shape index (κ3) is 3.83. The second-order valence-electron chi connectivity index (χ2n) is 2.28. The van der Waals surface area contributed by atoms with Gasteiger partial charge < -0.3 is 16.2 Å². The van der Waals surface area contributed by atoms with Gasteiger partial charge in [-0.2, -0.15) is 25.8 Å². The highest BCUT2D eigenvalue weighted by Gasteiger charge is 2.38. The van der Waals surface area contributed by atoms with Crippen molar-refractivity contribution >= 4 is 24.5 Å². The Morgan fingerprint density at radius 1 is 1.57 bits per heavy atom. The summed E-state index contributed by atoms with van der Waals surface area (Å²) < 4.78 is 31.7. The van der Waals surface area contributed by atoms with Gasteiger partial charge in [0.15, 0.2) is 0 Å². The standard InChI is InChI=1S/C3H6N2OS.C2HF3O2/c4-1-2(6)5-3(1)7;3-2(4,5)1(6)7/h1,3,7H,4H2,(H,5,6);(H,6,7). The summed E-state index contributed by atoms with van der Waals surface area (Å²) in [4.78, 5) is 19.1. The minimum absolute atomic E-state index is 0.111. The highest BCUT2D eigenvalue weighted by molar-refractivity contribution is 7.81. The normalized spacial score (nSPS) is 25.4. The van der Waals surface area contributed by atoms with Crippen LogP contribution in [0.3, 0.4) is 0 Å². The average Bonchev–Trinajstić information content (AvgIpc) is 2.04. The summed E-state index contributed by atoms with van der Waals surface area (Å²) in [5.41, 5.74) is 5.18. The molecule has 0 saturated carbocycles. The molecule has 82 valence electrons. The van der Waals surface area contributed by atoms with Crippen LogP contribution in [0.1, 0.15) is 0 Å². The van der Waals surface area contributed by atoms with Gasteiger partial charge in [0.25, 0.3) is 0 Å². The Bertz CT molecular complexity index is 245. The van der Waals surface area contributed by atoms with Crippen LogP contribution in [0.4, 0.5) is 13.2 Å². The summed E-state index contributed by atoms with van der Waals surface area (Å²) in [6.45, 7) is 0. The largest absolute Gasteiger partial charge is 0.490 e. The lowest BCUT2D eigenvalue weighted by atomic mass is 10.2. The van der Waals surface area contributed by atoms with Crippen LogP contribution in [0.25, 0.3) is 0 Å². The number of nitrogens with two attached hydrogens (primary N) is 1. The topological polar surface area (TPSA) is 92.4 Å². The molecule has 0 aromatic rings. The Morgan fingerprint density at radius 2 is 1.93 bits per heavy atom. The lowest BCUT2D eigenvalue weighted by Crippen LogP contribution is -2.63. The first-order valence-corrected chi connectivity index (χ1v) is 3.72. The molecule has 1 saturated heterocycles. The fraction of sp³-hybridized carbons (Fsp3) is 0.600. The van der Waals surface area contributed by atoms with E-state index in [1.54, 1.807) is 0 Å². The number of carbonyl (C=O) groups is 2. The van der Waals surface area contributed by atoms with E-state index in [1.807, 2.05) is 0 Å². The summed E-state index contributed by atoms with van der Waals surface area (Å²) in [7, 11) is 0. The smallest absolute Gasteiger partial charge is 0.475 e. The number of rotatable bonds is 0. The van der Waals surface area contributed by atoms with Crippen LogP contribution in [0.15, 0.2) is 0 Å². The number of aliphatic carboxylic acids is 1. The van der Waals surface area contributed by atoms with E-state index in [0.29, 0.717) is 0 Å². The fourth-order valence-electron chi connectivity index (χ4n) is 0.379. The predicted octanol–water partition coefficient (Wildman–Crippen LogP) is -0.667. The van der Waals surface area contributed by atoms with E-state index in [4.69, 9.17) is 15.6 Å². The van der Waals surface area contributed by atoms with Gasteiger partial charge >= 0.3 is 12.1 Å². The summed E-state index contributed by atoms with van der Waals surface area (Å²) in [5, 5.41) is 9.46. The summed E-state index contributed by atoms with van der Waals surface area (Å²) in [5.74, 6) is -2.87. The Labute approximate surface area is 81.9 Å². The van der Waals surface area contributed by atoms with E-state index < -0.39 is 12.1 Å². The van der Waals surface area contributed by atoms with Crippen LogP contribution < -0.4 is 11.1 Å². The molecule has 1 amide bonds. The third-order valence-corrected chi connectivity index (χ3v) is 1.63. The second-order valence-corrected chi connectivity index (χ2v) is 2.84. The highest BCUT2D eigenvalue weighted by Crippen LogP contribution is 2.13. The Balaban J connectivity index is 0.000000241. The maximum Gasteiger partial charge on any atom is 0.490 e. The molecule has 1 aliphatic rings. The van der Waals surface area contributed by atoms with Crippen molar-refractivity contribution in [2.45, 2.75) is 17.6 Å². The molecule has 0 bridgehead atoms. The van der Waals surface area contributed by atoms with E-state index in [9.17, 15) is 18.0 Å². The molecular weight excluding hydrogens is 225 g/mol. The molecule has 0 aliphatic carbocycles. The van der Waals surface area contributed by atoms with Crippen molar-refractivity contribution in [3.8, 4) is 0 Å². The fourth-order valence-corrected chi connectivity index (χ4v) is 0.642. The maximum atomic E-state index is 10.6. The van der Waals surface area contributed by atoms with Crippen molar-refractivity contribution in [2.24, 2.45) is 5.73 Å². The van der Waals surface area contributed by atoms with Crippen molar-refractivity contribution in [1.82, 2.24) is 5.32 Å². The number of carbonyl (C=O) groups excluding carboxylic acids is 1. The molecule has 5 nitrogen and oxygen atoms in total. The second kappa shape index (κ2) is 4.51. The SMILES string of the molecule is NC1C(=O)NC1S.O=C(O)C(F)(F)F. The number of hydrogen-bond donors (Lipinski definition) is 4. The van der Waals surface area contributed by atoms with Gasteiger partial charge in [-0.1, -0.05) is 0 Å². The minimum atomic E-state index is -5.08. The van der Waals surface area contributed by atoms with E-state index in [1.165, 1.54) is 0 Å². The molecular formula is C5H7F3N2O3S. The number of nitrogens with one attached hydrogen (secondary N) is 1. The highest BCUT2D eigenvalue weighted by atomic mass is 32.1. The first kappa shape index (κ1) is 13.0. The Hall–Kier alpha value is -0.960. The number of hydrogen-bond acceptors (Lipinski definition) is 4. The van der Waals surface area contributed by atoms with E-state index in [0.717, 1.165) is 0 Å². The number of carboxylic acids is 1. The molecule has 1 fully saturated rings. The van der Waals surface area contributed by atoms with E-state index in [2.05, 4.69) is 17.9 Å². The summed E-state index contributed by atoms with van der Waals surface area (Å²) in [6.07, 6.45) is -5.08. The number of halogens is 3. The predicted molar refractivity (Wildman–Crippen MR) is 42.6 cm³/mol. The minimum Gasteiger partial charge on any atom is -0.475 e. The van der Waals surface area contributed by atoms with Crippen LogP contribution in [-0.2, 0) is 9.59 Å². The van der Waals surface area contributed by atoms with Crippen LogP contribution in [0.5, 0.6) is 0 Å². The zero-order valence-corrected chi connectivity index (χ0v) is 7.47. The third-order valence-electron chi connectivity index (χ3n) is 1.18. The van der Waals surface area contributed by atoms with Gasteiger partial charge in [0, 0.05) is 0 Å². The molecule has 2 unspecified atom stereocenters. The number of thiol groups is 1. The maximum absolute atomic E-state index is 10.6. The summed E-state index contributed by atoms with van der Waals surface area (Å²) in [6, 6.07) is -0.386. The van der Waals surface area contributed by atoms with Gasteiger partial charge in [0.05, 0.1) is 5.37 Å². The molecule has 0 spiro atoms. The number of amides is 1. The monoisotopic (exact) mass is 232 g/mol. The average molecular weight is 232 g/mol. The van der Waals surface area contributed by atoms with Crippen molar-refractivity contribution < 1.29 is 27.9 Å². The molecule has 0 aromatic carbocycles. The molecule has 1 rings (SSSR count). The number of carboxylic acid groups (broad SMARTS) is 1. The quantitative estimate of drug-likeness (QED) is 0.329. The zero-order chi connectivity index (χ0) is 11.5. The van der Waals surface area contributed by atoms with Crippen molar-refractivity contribution in [3.05, 3.63) is 0 Å². The van der Waals surface area contributed by atoms with Gasteiger partial charge in [-0.25, -0.2) is 4.79 Å². The van der Waals surface area contributed by atoms with Crippen LogP contribution in [0, 0.1) is 0 Å². The van der Waals surface area contributed by atoms with Crippen LogP contribution in [0.2, 0.25) is 0 Å². The van der Waals surface area contributed by atoms with Crippen molar-refractivity contribution in [2.75, 3.05) is 0 Å².